The molecule has 4 rings (SSSR count). The van der Waals surface area contributed by atoms with Gasteiger partial charge < -0.3 is 5.73 Å². The summed E-state index contributed by atoms with van der Waals surface area (Å²) in [7, 11) is 0. The smallest absolute Gasteiger partial charge is 0.0323 e. The van der Waals surface area contributed by atoms with E-state index in [1.165, 1.54) is 53.5 Å². The molecule has 1 fully saturated rings. The summed E-state index contributed by atoms with van der Waals surface area (Å²) in [6, 6.07) is 15.9. The molecule has 2 aromatic rings. The van der Waals surface area contributed by atoms with E-state index in [1.54, 1.807) is 0 Å². The number of benzene rings is 2. The molecule has 0 aliphatic heterocycles. The second kappa shape index (κ2) is 4.75. The summed E-state index contributed by atoms with van der Waals surface area (Å²) >= 11 is 0. The molecule has 1 nitrogen and oxygen atoms in total. The summed E-state index contributed by atoms with van der Waals surface area (Å²) in [5, 5.41) is 0. The summed E-state index contributed by atoms with van der Waals surface area (Å²) in [6.07, 6.45) is 6.38. The molecule has 2 aromatic carbocycles. The van der Waals surface area contributed by atoms with Gasteiger partial charge in [-0.25, -0.2) is 0 Å². The Morgan fingerprint density at radius 3 is 2.50 bits per heavy atom. The largest absolute Gasteiger partial charge is 0.324 e. The number of hydrogen-bond donors (Lipinski definition) is 1. The van der Waals surface area contributed by atoms with E-state index in [-0.39, 0.29) is 6.04 Å². The van der Waals surface area contributed by atoms with Crippen molar-refractivity contribution in [2.45, 2.75) is 38.1 Å². The van der Waals surface area contributed by atoms with Crippen LogP contribution >= 0.6 is 0 Å². The first-order valence-corrected chi connectivity index (χ1v) is 7.79. The van der Waals surface area contributed by atoms with Crippen LogP contribution < -0.4 is 5.73 Å². The van der Waals surface area contributed by atoms with Gasteiger partial charge in [0.25, 0.3) is 0 Å². The van der Waals surface area contributed by atoms with Crippen LogP contribution in [-0.4, -0.2) is 0 Å². The van der Waals surface area contributed by atoms with Crippen LogP contribution in [0.1, 0.15) is 48.4 Å². The second-order valence-corrected chi connectivity index (χ2v) is 6.32. The van der Waals surface area contributed by atoms with E-state index in [1.807, 2.05) is 0 Å². The van der Waals surface area contributed by atoms with Crippen molar-refractivity contribution in [1.29, 1.82) is 0 Å². The van der Waals surface area contributed by atoms with Gasteiger partial charge in [-0.05, 0) is 59.1 Å². The van der Waals surface area contributed by atoms with Crippen LogP contribution in [0, 0.1) is 5.92 Å². The zero-order valence-corrected chi connectivity index (χ0v) is 11.8. The van der Waals surface area contributed by atoms with Crippen molar-refractivity contribution in [2.24, 2.45) is 11.7 Å². The first-order chi connectivity index (χ1) is 9.83. The molecule has 2 aliphatic rings. The molecule has 1 heteroatoms. The summed E-state index contributed by atoms with van der Waals surface area (Å²) in [4.78, 5) is 0. The third kappa shape index (κ3) is 1.89. The Labute approximate surface area is 120 Å². The fraction of sp³-hybridized carbons (Fsp3) is 0.368. The van der Waals surface area contributed by atoms with Crippen molar-refractivity contribution < 1.29 is 0 Å². The molecule has 0 spiro atoms. The molecule has 1 unspecified atom stereocenters. The molecule has 1 atom stereocenters. The van der Waals surface area contributed by atoms with Crippen LogP contribution in [-0.2, 0) is 6.42 Å². The zero-order chi connectivity index (χ0) is 13.5. The summed E-state index contributed by atoms with van der Waals surface area (Å²) in [6.45, 7) is 0. The molecule has 2 N–H and O–H groups in total. The van der Waals surface area contributed by atoms with Crippen molar-refractivity contribution in [3.63, 3.8) is 0 Å². The average molecular weight is 263 g/mol. The van der Waals surface area contributed by atoms with E-state index >= 15 is 0 Å². The molecule has 102 valence electrons. The number of nitrogens with two attached hydrogens (primary N) is 1. The Hall–Kier alpha value is -1.60. The third-order valence-corrected chi connectivity index (χ3v) is 5.11. The predicted molar refractivity (Wildman–Crippen MR) is 83.6 cm³/mol. The minimum atomic E-state index is 0.218. The van der Waals surface area contributed by atoms with E-state index in [0.29, 0.717) is 5.92 Å². The first kappa shape index (κ1) is 12.2. The summed E-state index contributed by atoms with van der Waals surface area (Å²) < 4.78 is 0. The highest BCUT2D eigenvalue weighted by atomic mass is 14.7. The maximum atomic E-state index is 6.51. The maximum Gasteiger partial charge on any atom is 0.0323 e. The molecular formula is C19H21N. The Morgan fingerprint density at radius 2 is 1.65 bits per heavy atom. The molecule has 2 aliphatic carbocycles. The molecule has 0 amide bonds. The van der Waals surface area contributed by atoms with E-state index in [9.17, 15) is 0 Å². The fourth-order valence-electron chi connectivity index (χ4n) is 3.94. The van der Waals surface area contributed by atoms with Gasteiger partial charge in [-0.3, -0.25) is 0 Å². The van der Waals surface area contributed by atoms with Crippen LogP contribution in [0.15, 0.2) is 42.5 Å². The molecular weight excluding hydrogens is 242 g/mol. The normalized spacial score (nSPS) is 18.9. The Balaban J connectivity index is 1.72. The van der Waals surface area contributed by atoms with Crippen LogP contribution in [0.2, 0.25) is 0 Å². The minimum Gasteiger partial charge on any atom is -0.324 e. The van der Waals surface area contributed by atoms with Crippen molar-refractivity contribution in [3.05, 3.63) is 59.2 Å². The van der Waals surface area contributed by atoms with Gasteiger partial charge in [0.15, 0.2) is 0 Å². The van der Waals surface area contributed by atoms with Gasteiger partial charge in [0, 0.05) is 6.04 Å². The quantitative estimate of drug-likeness (QED) is 0.726. The van der Waals surface area contributed by atoms with Crippen LogP contribution in [0.25, 0.3) is 11.1 Å². The van der Waals surface area contributed by atoms with Gasteiger partial charge in [-0.1, -0.05) is 49.2 Å². The van der Waals surface area contributed by atoms with Crippen molar-refractivity contribution in [3.8, 4) is 11.1 Å². The first-order valence-electron chi connectivity index (χ1n) is 7.79. The van der Waals surface area contributed by atoms with Gasteiger partial charge in [-0.15, -0.1) is 0 Å². The highest BCUT2D eigenvalue weighted by Crippen LogP contribution is 2.40. The standard InChI is InChI=1S/C19H21N/c20-19(13-5-1-2-6-13)16-10-9-15-11-14-7-3-4-8-17(14)18(15)12-16/h3-4,7-10,12-13,19H,1-2,5-6,11,20H2. The van der Waals surface area contributed by atoms with E-state index in [2.05, 4.69) is 42.5 Å². The number of rotatable bonds is 2. The highest BCUT2D eigenvalue weighted by molar-refractivity contribution is 5.77. The SMILES string of the molecule is NC(c1ccc2c(c1)-c1ccccc1C2)C1CCCC1. The van der Waals surface area contributed by atoms with Gasteiger partial charge in [0.05, 0.1) is 0 Å². The number of fused-ring (bicyclic) bond motifs is 3. The average Bonchev–Trinajstić information content (AvgIpc) is 3.13. The fourth-order valence-corrected chi connectivity index (χ4v) is 3.94. The lowest BCUT2D eigenvalue weighted by Gasteiger charge is -2.20. The van der Waals surface area contributed by atoms with Crippen LogP contribution in [0.4, 0.5) is 0 Å². The summed E-state index contributed by atoms with van der Waals surface area (Å²) in [5.74, 6) is 0.685. The van der Waals surface area contributed by atoms with E-state index in [0.717, 1.165) is 6.42 Å². The van der Waals surface area contributed by atoms with Gasteiger partial charge >= 0.3 is 0 Å². The van der Waals surface area contributed by atoms with Crippen LogP contribution in [0.5, 0.6) is 0 Å². The second-order valence-electron chi connectivity index (χ2n) is 6.32. The summed E-state index contributed by atoms with van der Waals surface area (Å²) in [5.41, 5.74) is 13.6. The maximum absolute atomic E-state index is 6.51. The number of hydrogen-bond acceptors (Lipinski definition) is 1. The lowest BCUT2D eigenvalue weighted by atomic mass is 9.90. The van der Waals surface area contributed by atoms with Crippen molar-refractivity contribution in [1.82, 2.24) is 0 Å². The molecule has 0 aromatic heterocycles. The lowest BCUT2D eigenvalue weighted by molar-refractivity contribution is 0.445. The van der Waals surface area contributed by atoms with Gasteiger partial charge in [-0.2, -0.15) is 0 Å². The molecule has 0 radical (unpaired) electrons. The minimum absolute atomic E-state index is 0.218. The lowest BCUT2D eigenvalue weighted by Crippen LogP contribution is -2.19. The van der Waals surface area contributed by atoms with E-state index < -0.39 is 0 Å². The topological polar surface area (TPSA) is 26.0 Å². The Morgan fingerprint density at radius 1 is 0.900 bits per heavy atom. The van der Waals surface area contributed by atoms with E-state index in [4.69, 9.17) is 5.73 Å². The predicted octanol–water partition coefficient (Wildman–Crippen LogP) is 4.45. The molecule has 0 saturated heterocycles. The highest BCUT2D eigenvalue weighted by Gasteiger charge is 2.25. The molecule has 1 saturated carbocycles. The molecule has 0 heterocycles. The molecule has 0 bridgehead atoms. The van der Waals surface area contributed by atoms with Gasteiger partial charge in [0.2, 0.25) is 0 Å². The zero-order valence-electron chi connectivity index (χ0n) is 11.8. The van der Waals surface area contributed by atoms with Crippen molar-refractivity contribution >= 4 is 0 Å². The monoisotopic (exact) mass is 263 g/mol. The van der Waals surface area contributed by atoms with Crippen LogP contribution in [0.3, 0.4) is 0 Å². The Kier molecular flexibility index (Phi) is 2.89. The Bertz CT molecular complexity index is 638. The van der Waals surface area contributed by atoms with Gasteiger partial charge in [0.1, 0.15) is 0 Å². The van der Waals surface area contributed by atoms with Crippen molar-refractivity contribution in [2.75, 3.05) is 0 Å². The molecule has 20 heavy (non-hydrogen) atoms. The third-order valence-electron chi connectivity index (χ3n) is 5.11.